The molecule has 2 aliphatic heterocycles. The van der Waals surface area contributed by atoms with E-state index in [4.69, 9.17) is 16.3 Å². The van der Waals surface area contributed by atoms with Crippen LogP contribution in [-0.2, 0) is 5.75 Å². The molecule has 3 nitrogen and oxygen atoms in total. The van der Waals surface area contributed by atoms with E-state index in [2.05, 4.69) is 48.2 Å². The average Bonchev–Trinajstić information content (AvgIpc) is 3.11. The number of ether oxygens (including phenoxy) is 1. The second kappa shape index (κ2) is 10.1. The first-order chi connectivity index (χ1) is 16.5. The quantitative estimate of drug-likeness (QED) is 0.335. The largest absolute Gasteiger partial charge is 0.489 e. The van der Waals surface area contributed by atoms with Crippen molar-refractivity contribution in [2.75, 3.05) is 0 Å². The third-order valence-corrected chi connectivity index (χ3v) is 8.55. The van der Waals surface area contributed by atoms with Crippen LogP contribution < -0.4 is 4.74 Å². The molecule has 0 spiro atoms. The van der Waals surface area contributed by atoms with Gasteiger partial charge in [0.15, 0.2) is 0 Å². The van der Waals surface area contributed by atoms with Gasteiger partial charge in [-0.05, 0) is 73.7 Å². The van der Waals surface area contributed by atoms with Crippen molar-refractivity contribution in [1.82, 2.24) is 4.90 Å². The van der Waals surface area contributed by atoms with Crippen LogP contribution in [0.1, 0.15) is 52.7 Å². The summed E-state index contributed by atoms with van der Waals surface area (Å²) >= 11 is 8.19. The second-order valence-corrected chi connectivity index (χ2v) is 10.9. The molecule has 0 aliphatic carbocycles. The fraction of sp³-hybridized carbons (Fsp3) is 0.345. The summed E-state index contributed by atoms with van der Waals surface area (Å²) in [5.74, 6) is 1.80. The Labute approximate surface area is 211 Å². The van der Waals surface area contributed by atoms with Crippen molar-refractivity contribution in [1.29, 1.82) is 0 Å². The topological polar surface area (TPSA) is 29.5 Å². The van der Waals surface area contributed by atoms with E-state index in [1.807, 2.05) is 49.0 Å². The van der Waals surface area contributed by atoms with Crippen molar-refractivity contribution in [3.8, 4) is 5.75 Å². The molecule has 176 valence electrons. The average molecular weight is 492 g/mol. The summed E-state index contributed by atoms with van der Waals surface area (Å²) < 4.78 is 6.30. The molecule has 3 atom stereocenters. The Hall–Kier alpha value is -2.43. The number of thioether (sulfide) groups is 1. The van der Waals surface area contributed by atoms with Crippen LogP contribution in [0.5, 0.6) is 5.75 Å². The predicted molar refractivity (Wildman–Crippen MR) is 140 cm³/mol. The van der Waals surface area contributed by atoms with Crippen LogP contribution in [0.2, 0.25) is 5.02 Å². The van der Waals surface area contributed by atoms with Crippen molar-refractivity contribution in [3.63, 3.8) is 0 Å². The van der Waals surface area contributed by atoms with E-state index in [9.17, 15) is 4.79 Å². The highest BCUT2D eigenvalue weighted by molar-refractivity contribution is 7.98. The summed E-state index contributed by atoms with van der Waals surface area (Å²) in [6, 6.07) is 23.0. The number of carbonyl (C=O) groups excluding carboxylic acids is 1. The molecular weight excluding hydrogens is 462 g/mol. The van der Waals surface area contributed by atoms with Crippen molar-refractivity contribution < 1.29 is 9.53 Å². The minimum absolute atomic E-state index is 0.0988. The maximum Gasteiger partial charge on any atom is 0.254 e. The zero-order valence-electron chi connectivity index (χ0n) is 19.7. The molecule has 2 saturated heterocycles. The number of piperidine rings is 1. The molecule has 2 heterocycles. The van der Waals surface area contributed by atoms with Gasteiger partial charge in [0.05, 0.1) is 5.02 Å². The number of fused-ring (bicyclic) bond motifs is 2. The smallest absolute Gasteiger partial charge is 0.254 e. The summed E-state index contributed by atoms with van der Waals surface area (Å²) in [4.78, 5) is 16.8. The summed E-state index contributed by atoms with van der Waals surface area (Å²) in [7, 11) is 0. The fourth-order valence-electron chi connectivity index (χ4n) is 5.21. The van der Waals surface area contributed by atoms with Crippen LogP contribution in [0.15, 0.2) is 71.6 Å². The molecule has 0 aromatic heterocycles. The molecule has 1 amide bonds. The van der Waals surface area contributed by atoms with Crippen LogP contribution in [-0.4, -0.2) is 29.0 Å². The Balaban J connectivity index is 1.21. The van der Waals surface area contributed by atoms with Gasteiger partial charge in [-0.3, -0.25) is 4.79 Å². The van der Waals surface area contributed by atoms with Crippen LogP contribution in [0.25, 0.3) is 0 Å². The van der Waals surface area contributed by atoms with Gasteiger partial charge in [0.2, 0.25) is 0 Å². The maximum absolute atomic E-state index is 13.4. The van der Waals surface area contributed by atoms with Gasteiger partial charge in [0.1, 0.15) is 11.9 Å². The molecule has 0 N–H and O–H groups in total. The van der Waals surface area contributed by atoms with Crippen LogP contribution >= 0.6 is 23.4 Å². The molecule has 2 fully saturated rings. The first kappa shape index (κ1) is 23.3. The number of amides is 1. The van der Waals surface area contributed by atoms with Crippen molar-refractivity contribution in [3.05, 3.63) is 94.0 Å². The number of aryl methyl sites for hydroxylation is 2. The number of hydrogen-bond donors (Lipinski definition) is 0. The second-order valence-electron chi connectivity index (χ2n) is 9.49. The van der Waals surface area contributed by atoms with Gasteiger partial charge in [-0.2, -0.15) is 0 Å². The first-order valence-electron chi connectivity index (χ1n) is 12.0. The molecule has 3 aromatic rings. The molecule has 3 aromatic carbocycles. The van der Waals surface area contributed by atoms with E-state index in [1.54, 1.807) is 0 Å². The maximum atomic E-state index is 13.4. The number of benzene rings is 3. The van der Waals surface area contributed by atoms with Gasteiger partial charge in [-0.25, -0.2) is 0 Å². The highest BCUT2D eigenvalue weighted by atomic mass is 35.5. The predicted octanol–water partition coefficient (Wildman–Crippen LogP) is 7.46. The van der Waals surface area contributed by atoms with Crippen LogP contribution in [0, 0.1) is 13.8 Å². The zero-order chi connectivity index (χ0) is 23.7. The van der Waals surface area contributed by atoms with Crippen LogP contribution in [0.4, 0.5) is 0 Å². The Morgan fingerprint density at radius 2 is 1.71 bits per heavy atom. The molecule has 5 heteroatoms. The third kappa shape index (κ3) is 4.99. The highest BCUT2D eigenvalue weighted by Crippen LogP contribution is 2.39. The zero-order valence-corrected chi connectivity index (χ0v) is 21.2. The van der Waals surface area contributed by atoms with E-state index in [0.29, 0.717) is 5.02 Å². The minimum atomic E-state index is 0.0988. The van der Waals surface area contributed by atoms with Gasteiger partial charge in [0, 0.05) is 41.1 Å². The highest BCUT2D eigenvalue weighted by Gasteiger charge is 2.44. The number of halogens is 1. The number of carbonyl (C=O) groups is 1. The lowest BCUT2D eigenvalue weighted by Gasteiger charge is -2.39. The summed E-state index contributed by atoms with van der Waals surface area (Å²) in [6.07, 6.45) is 3.91. The van der Waals surface area contributed by atoms with Crippen molar-refractivity contribution >= 4 is 29.3 Å². The van der Waals surface area contributed by atoms with E-state index >= 15 is 0 Å². The molecule has 0 radical (unpaired) electrons. The Kier molecular flexibility index (Phi) is 6.89. The van der Waals surface area contributed by atoms with Gasteiger partial charge in [0.25, 0.3) is 5.91 Å². The summed E-state index contributed by atoms with van der Waals surface area (Å²) in [6.45, 7) is 4.18. The molecule has 5 rings (SSSR count). The number of rotatable bonds is 6. The van der Waals surface area contributed by atoms with Crippen LogP contribution in [0.3, 0.4) is 0 Å². The molecule has 2 bridgehead atoms. The Bertz CT molecular complexity index is 1170. The first-order valence-corrected chi connectivity index (χ1v) is 13.4. The van der Waals surface area contributed by atoms with Gasteiger partial charge in [-0.15, -0.1) is 11.8 Å². The van der Waals surface area contributed by atoms with E-state index in [0.717, 1.165) is 48.3 Å². The molecular formula is C29H30ClNO2S. The van der Waals surface area contributed by atoms with Gasteiger partial charge < -0.3 is 9.64 Å². The monoisotopic (exact) mass is 491 g/mol. The van der Waals surface area contributed by atoms with E-state index in [1.165, 1.54) is 16.0 Å². The SMILES string of the molecule is Cc1ccc(Cl)c(OC2C[C@H]3CC[C@@H](C2)N3C(=O)c2ccc(CSc3ccccc3C)cc2)c1. The molecule has 34 heavy (non-hydrogen) atoms. The lowest BCUT2D eigenvalue weighted by Crippen LogP contribution is -2.49. The van der Waals surface area contributed by atoms with Crippen molar-refractivity contribution in [2.24, 2.45) is 0 Å². The van der Waals surface area contributed by atoms with Gasteiger partial charge in [-0.1, -0.05) is 48.0 Å². The molecule has 0 saturated carbocycles. The standard InChI is InChI=1S/C29H30ClNO2S/c1-19-7-14-26(30)27(15-19)33-25-16-23-12-13-24(17-25)31(23)29(32)22-10-8-21(9-11-22)18-34-28-6-4-3-5-20(28)2/h3-11,14-15,23-25H,12-13,16-18H2,1-2H3/t23-,24+,25?. The van der Waals surface area contributed by atoms with Crippen molar-refractivity contribution in [2.45, 2.75) is 68.4 Å². The summed E-state index contributed by atoms with van der Waals surface area (Å²) in [5, 5.41) is 0.650. The lowest BCUT2D eigenvalue weighted by atomic mass is 9.98. The lowest BCUT2D eigenvalue weighted by molar-refractivity contribution is 0.0359. The summed E-state index contributed by atoms with van der Waals surface area (Å²) in [5.41, 5.74) is 4.44. The number of nitrogens with zero attached hydrogens (tertiary/aromatic N) is 1. The van der Waals surface area contributed by atoms with E-state index < -0.39 is 0 Å². The number of hydrogen-bond acceptors (Lipinski definition) is 3. The fourth-order valence-corrected chi connectivity index (χ4v) is 6.35. The minimum Gasteiger partial charge on any atom is -0.489 e. The molecule has 2 aliphatic rings. The normalized spacial score (nSPS) is 21.5. The molecule has 1 unspecified atom stereocenters. The Morgan fingerprint density at radius 1 is 1.00 bits per heavy atom. The third-order valence-electron chi connectivity index (χ3n) is 6.99. The Morgan fingerprint density at radius 3 is 2.41 bits per heavy atom. The van der Waals surface area contributed by atoms with E-state index in [-0.39, 0.29) is 24.1 Å². The van der Waals surface area contributed by atoms with Gasteiger partial charge >= 0.3 is 0 Å².